The van der Waals surface area contributed by atoms with Gasteiger partial charge < -0.3 is 10.4 Å². The highest BCUT2D eigenvalue weighted by Crippen LogP contribution is 2.28. The first kappa shape index (κ1) is 13.6. The van der Waals surface area contributed by atoms with Gasteiger partial charge in [-0.05, 0) is 29.3 Å². The van der Waals surface area contributed by atoms with Crippen molar-refractivity contribution in [2.75, 3.05) is 6.54 Å². The maximum absolute atomic E-state index is 12.2. The van der Waals surface area contributed by atoms with E-state index in [1.165, 1.54) is 4.88 Å². The topological polar surface area (TPSA) is 49.3 Å². The summed E-state index contributed by atoms with van der Waals surface area (Å²) in [7, 11) is 0. The van der Waals surface area contributed by atoms with Crippen LogP contribution >= 0.6 is 11.3 Å². The molecule has 3 nitrogen and oxygen atoms in total. The molecule has 4 heteroatoms. The lowest BCUT2D eigenvalue weighted by molar-refractivity contribution is 0.0952. The monoisotopic (exact) mass is 297 g/mol. The van der Waals surface area contributed by atoms with Gasteiger partial charge in [0.1, 0.15) is 5.75 Å². The molecule has 0 bridgehead atoms. The van der Waals surface area contributed by atoms with Crippen molar-refractivity contribution in [2.45, 2.75) is 6.42 Å². The molecule has 2 aromatic carbocycles. The predicted octanol–water partition coefficient (Wildman–Crippen LogP) is 3.58. The molecule has 0 saturated heterocycles. The molecule has 0 saturated carbocycles. The lowest BCUT2D eigenvalue weighted by Crippen LogP contribution is -2.25. The van der Waals surface area contributed by atoms with Gasteiger partial charge in [0.2, 0.25) is 0 Å². The number of rotatable bonds is 4. The first-order chi connectivity index (χ1) is 10.3. The van der Waals surface area contributed by atoms with Crippen LogP contribution in [0.15, 0.2) is 53.9 Å². The minimum Gasteiger partial charge on any atom is -0.506 e. The van der Waals surface area contributed by atoms with Crippen molar-refractivity contribution in [2.24, 2.45) is 0 Å². The standard InChI is InChI=1S/C17H15NO2S/c19-16-14-6-2-1-4-12(14)7-8-15(16)17(20)18-10-9-13-5-3-11-21-13/h1-8,11,19H,9-10H2,(H,18,20). The Bertz CT molecular complexity index is 766. The van der Waals surface area contributed by atoms with Crippen molar-refractivity contribution < 1.29 is 9.90 Å². The summed E-state index contributed by atoms with van der Waals surface area (Å²) in [6, 6.07) is 15.0. The van der Waals surface area contributed by atoms with Gasteiger partial charge >= 0.3 is 0 Å². The zero-order valence-electron chi connectivity index (χ0n) is 11.4. The average Bonchev–Trinajstić information content (AvgIpc) is 3.01. The zero-order chi connectivity index (χ0) is 14.7. The third kappa shape index (κ3) is 2.90. The molecule has 1 aromatic heterocycles. The van der Waals surface area contributed by atoms with E-state index >= 15 is 0 Å². The highest BCUT2D eigenvalue weighted by Gasteiger charge is 2.13. The van der Waals surface area contributed by atoms with Crippen LogP contribution in [-0.4, -0.2) is 17.6 Å². The second kappa shape index (κ2) is 5.97. The van der Waals surface area contributed by atoms with Gasteiger partial charge in [-0.15, -0.1) is 11.3 Å². The Morgan fingerprint density at radius 2 is 1.95 bits per heavy atom. The van der Waals surface area contributed by atoms with E-state index in [1.807, 2.05) is 47.8 Å². The molecule has 0 aliphatic rings. The van der Waals surface area contributed by atoms with Crippen LogP contribution in [0.2, 0.25) is 0 Å². The Morgan fingerprint density at radius 3 is 2.76 bits per heavy atom. The van der Waals surface area contributed by atoms with Crippen molar-refractivity contribution in [3.63, 3.8) is 0 Å². The zero-order valence-corrected chi connectivity index (χ0v) is 12.2. The van der Waals surface area contributed by atoms with Gasteiger partial charge in [0.15, 0.2) is 0 Å². The molecule has 21 heavy (non-hydrogen) atoms. The number of phenols is 1. The molecule has 0 aliphatic carbocycles. The minimum atomic E-state index is -0.241. The summed E-state index contributed by atoms with van der Waals surface area (Å²) in [6.45, 7) is 0.561. The van der Waals surface area contributed by atoms with Crippen LogP contribution in [0.5, 0.6) is 5.75 Å². The molecular formula is C17H15NO2S. The van der Waals surface area contributed by atoms with Gasteiger partial charge in [0.05, 0.1) is 5.56 Å². The largest absolute Gasteiger partial charge is 0.506 e. The molecule has 0 fully saturated rings. The van der Waals surface area contributed by atoms with E-state index in [9.17, 15) is 9.90 Å². The average molecular weight is 297 g/mol. The molecule has 0 spiro atoms. The number of nitrogens with one attached hydrogen (secondary N) is 1. The third-order valence-corrected chi connectivity index (χ3v) is 4.32. The highest BCUT2D eigenvalue weighted by molar-refractivity contribution is 7.09. The molecule has 3 rings (SSSR count). The lowest BCUT2D eigenvalue weighted by atomic mass is 10.0. The normalized spacial score (nSPS) is 10.7. The first-order valence-corrected chi connectivity index (χ1v) is 7.65. The molecule has 0 radical (unpaired) electrons. The second-order valence-electron chi connectivity index (χ2n) is 4.77. The maximum Gasteiger partial charge on any atom is 0.255 e. The summed E-state index contributed by atoms with van der Waals surface area (Å²) in [6.07, 6.45) is 0.803. The van der Waals surface area contributed by atoms with Crippen LogP contribution in [0, 0.1) is 0 Å². The van der Waals surface area contributed by atoms with E-state index in [2.05, 4.69) is 5.32 Å². The summed E-state index contributed by atoms with van der Waals surface area (Å²) in [4.78, 5) is 13.4. The number of phenolic OH excluding ortho intramolecular Hbond substituents is 1. The van der Waals surface area contributed by atoms with Crippen LogP contribution in [0.1, 0.15) is 15.2 Å². The van der Waals surface area contributed by atoms with Crippen molar-refractivity contribution in [3.05, 3.63) is 64.4 Å². The van der Waals surface area contributed by atoms with Gasteiger partial charge in [0, 0.05) is 16.8 Å². The highest BCUT2D eigenvalue weighted by atomic mass is 32.1. The summed E-state index contributed by atoms with van der Waals surface area (Å²) >= 11 is 1.67. The van der Waals surface area contributed by atoms with Gasteiger partial charge in [-0.1, -0.05) is 36.4 Å². The quantitative estimate of drug-likeness (QED) is 0.773. The molecule has 0 atom stereocenters. The van der Waals surface area contributed by atoms with Crippen molar-refractivity contribution in [1.29, 1.82) is 0 Å². The van der Waals surface area contributed by atoms with Crippen molar-refractivity contribution >= 4 is 28.0 Å². The summed E-state index contributed by atoms with van der Waals surface area (Å²) in [5.41, 5.74) is 0.319. The maximum atomic E-state index is 12.2. The van der Waals surface area contributed by atoms with Crippen LogP contribution in [0.4, 0.5) is 0 Å². The van der Waals surface area contributed by atoms with E-state index < -0.39 is 0 Å². The van der Waals surface area contributed by atoms with Gasteiger partial charge in [-0.3, -0.25) is 4.79 Å². The fourth-order valence-electron chi connectivity index (χ4n) is 2.29. The number of fused-ring (bicyclic) bond motifs is 1. The fraction of sp³-hybridized carbons (Fsp3) is 0.118. The summed E-state index contributed by atoms with van der Waals surface area (Å²) < 4.78 is 0. The Balaban J connectivity index is 1.74. The number of hydrogen-bond donors (Lipinski definition) is 2. The number of carbonyl (C=O) groups excluding carboxylic acids is 1. The van der Waals surface area contributed by atoms with E-state index in [0.29, 0.717) is 17.5 Å². The number of amides is 1. The number of thiophene rings is 1. The van der Waals surface area contributed by atoms with Gasteiger partial charge in [-0.25, -0.2) is 0 Å². The molecule has 1 amide bonds. The van der Waals surface area contributed by atoms with Crippen molar-refractivity contribution in [3.8, 4) is 5.75 Å². The Morgan fingerprint density at radius 1 is 1.10 bits per heavy atom. The molecule has 0 aliphatic heterocycles. The smallest absolute Gasteiger partial charge is 0.255 e. The number of carbonyl (C=O) groups is 1. The Hall–Kier alpha value is -2.33. The number of benzene rings is 2. The minimum absolute atomic E-state index is 0.0433. The first-order valence-electron chi connectivity index (χ1n) is 6.77. The van der Waals surface area contributed by atoms with E-state index in [1.54, 1.807) is 17.4 Å². The molecule has 106 valence electrons. The number of hydrogen-bond acceptors (Lipinski definition) is 3. The Kier molecular flexibility index (Phi) is 3.88. The van der Waals surface area contributed by atoms with E-state index in [-0.39, 0.29) is 11.7 Å². The third-order valence-electron chi connectivity index (χ3n) is 3.38. The van der Waals surface area contributed by atoms with Crippen molar-refractivity contribution in [1.82, 2.24) is 5.32 Å². The van der Waals surface area contributed by atoms with Crippen LogP contribution in [0.25, 0.3) is 10.8 Å². The summed E-state index contributed by atoms with van der Waals surface area (Å²) in [5, 5.41) is 16.7. The fourth-order valence-corrected chi connectivity index (χ4v) is 3.00. The van der Waals surface area contributed by atoms with Crippen LogP contribution < -0.4 is 5.32 Å². The van der Waals surface area contributed by atoms with Gasteiger partial charge in [0.25, 0.3) is 5.91 Å². The van der Waals surface area contributed by atoms with Gasteiger partial charge in [-0.2, -0.15) is 0 Å². The molecule has 0 unspecified atom stereocenters. The second-order valence-corrected chi connectivity index (χ2v) is 5.80. The summed E-state index contributed by atoms with van der Waals surface area (Å²) in [5.74, 6) is -0.198. The molecular weight excluding hydrogens is 282 g/mol. The lowest BCUT2D eigenvalue weighted by Gasteiger charge is -2.08. The number of aromatic hydroxyl groups is 1. The molecule has 3 aromatic rings. The van der Waals surface area contributed by atoms with Crippen LogP contribution in [-0.2, 0) is 6.42 Å². The predicted molar refractivity (Wildman–Crippen MR) is 86.0 cm³/mol. The molecule has 2 N–H and O–H groups in total. The SMILES string of the molecule is O=C(NCCc1cccs1)c1ccc2ccccc2c1O. The van der Waals surface area contributed by atoms with E-state index in [0.717, 1.165) is 11.8 Å². The van der Waals surface area contributed by atoms with Crippen LogP contribution in [0.3, 0.4) is 0 Å². The van der Waals surface area contributed by atoms with E-state index in [4.69, 9.17) is 0 Å². The Labute approximate surface area is 126 Å². The molecule has 1 heterocycles.